The fourth-order valence-electron chi connectivity index (χ4n) is 5.71. The SMILES string of the molecule is CC12CC3CC(C)(C1)CC(NC#N)(C3)C2. The van der Waals surface area contributed by atoms with E-state index in [0.717, 1.165) is 5.92 Å². The maximum absolute atomic E-state index is 8.93. The van der Waals surface area contributed by atoms with Gasteiger partial charge in [0.25, 0.3) is 0 Å². The lowest BCUT2D eigenvalue weighted by Crippen LogP contribution is -2.63. The predicted molar refractivity (Wildman–Crippen MR) is 58.9 cm³/mol. The zero-order valence-electron chi connectivity index (χ0n) is 9.77. The Bertz CT molecular complexity index is 323. The van der Waals surface area contributed by atoms with Crippen molar-refractivity contribution in [2.75, 3.05) is 0 Å². The molecule has 2 heteroatoms. The third-order valence-electron chi connectivity index (χ3n) is 4.95. The summed E-state index contributed by atoms with van der Waals surface area (Å²) in [5.41, 5.74) is 1.19. The van der Waals surface area contributed by atoms with Crippen LogP contribution in [0.2, 0.25) is 0 Å². The van der Waals surface area contributed by atoms with Crippen LogP contribution >= 0.6 is 0 Å². The van der Waals surface area contributed by atoms with Crippen molar-refractivity contribution in [3.63, 3.8) is 0 Å². The molecule has 15 heavy (non-hydrogen) atoms. The maximum Gasteiger partial charge on any atom is 0.177 e. The quantitative estimate of drug-likeness (QED) is 0.526. The maximum atomic E-state index is 8.93. The van der Waals surface area contributed by atoms with Crippen LogP contribution in [0.4, 0.5) is 0 Å². The molecule has 82 valence electrons. The van der Waals surface area contributed by atoms with E-state index in [4.69, 9.17) is 5.26 Å². The van der Waals surface area contributed by atoms with Gasteiger partial charge in [0.15, 0.2) is 6.19 Å². The minimum Gasteiger partial charge on any atom is -0.318 e. The number of nitriles is 1. The predicted octanol–water partition coefficient (Wildman–Crippen LogP) is 2.81. The van der Waals surface area contributed by atoms with Gasteiger partial charge < -0.3 is 5.32 Å². The molecule has 0 spiro atoms. The molecular weight excluding hydrogens is 184 g/mol. The number of hydrogen-bond acceptors (Lipinski definition) is 2. The normalized spacial score (nSPS) is 56.5. The first-order valence-electron chi connectivity index (χ1n) is 6.13. The number of nitrogens with zero attached hydrogens (tertiary/aromatic N) is 1. The van der Waals surface area contributed by atoms with E-state index in [0.29, 0.717) is 10.8 Å². The van der Waals surface area contributed by atoms with Crippen LogP contribution in [0.25, 0.3) is 0 Å². The van der Waals surface area contributed by atoms with Crippen LogP contribution in [-0.2, 0) is 0 Å². The van der Waals surface area contributed by atoms with Gasteiger partial charge in [0.1, 0.15) is 0 Å². The van der Waals surface area contributed by atoms with Crippen LogP contribution < -0.4 is 5.32 Å². The van der Waals surface area contributed by atoms with E-state index < -0.39 is 0 Å². The molecule has 2 unspecified atom stereocenters. The highest BCUT2D eigenvalue weighted by Crippen LogP contribution is 2.66. The summed E-state index contributed by atoms with van der Waals surface area (Å²) in [6, 6.07) is 0. The van der Waals surface area contributed by atoms with Crippen molar-refractivity contribution in [3.05, 3.63) is 0 Å². The Balaban J connectivity index is 1.99. The Morgan fingerprint density at radius 1 is 1.07 bits per heavy atom. The smallest absolute Gasteiger partial charge is 0.177 e. The molecule has 0 aliphatic heterocycles. The van der Waals surface area contributed by atoms with Gasteiger partial charge in [0.05, 0.1) is 0 Å². The average Bonchev–Trinajstić information content (AvgIpc) is 1.94. The number of hydrogen-bond donors (Lipinski definition) is 1. The van der Waals surface area contributed by atoms with Crippen LogP contribution in [0.15, 0.2) is 0 Å². The van der Waals surface area contributed by atoms with Gasteiger partial charge in [-0.05, 0) is 55.3 Å². The highest BCUT2D eigenvalue weighted by molar-refractivity contribution is 5.15. The zero-order chi connectivity index (χ0) is 10.7. The minimum atomic E-state index is 0.164. The van der Waals surface area contributed by atoms with E-state index >= 15 is 0 Å². The van der Waals surface area contributed by atoms with Gasteiger partial charge in [-0.15, -0.1) is 0 Å². The van der Waals surface area contributed by atoms with Gasteiger partial charge in [0, 0.05) is 5.54 Å². The summed E-state index contributed by atoms with van der Waals surface area (Å²) >= 11 is 0. The van der Waals surface area contributed by atoms with Crippen molar-refractivity contribution in [3.8, 4) is 6.19 Å². The van der Waals surface area contributed by atoms with Crippen LogP contribution in [-0.4, -0.2) is 5.54 Å². The lowest BCUT2D eigenvalue weighted by atomic mass is 9.43. The summed E-state index contributed by atoms with van der Waals surface area (Å²) in [6.07, 6.45) is 10.1. The van der Waals surface area contributed by atoms with E-state index in [-0.39, 0.29) is 5.54 Å². The molecule has 0 heterocycles. The highest BCUT2D eigenvalue weighted by Gasteiger charge is 2.60. The highest BCUT2D eigenvalue weighted by atomic mass is 15.0. The molecule has 4 aliphatic carbocycles. The van der Waals surface area contributed by atoms with Crippen LogP contribution in [0, 0.1) is 28.2 Å². The summed E-state index contributed by atoms with van der Waals surface area (Å²) in [7, 11) is 0. The summed E-state index contributed by atoms with van der Waals surface area (Å²) < 4.78 is 0. The second kappa shape index (κ2) is 2.51. The molecule has 2 nitrogen and oxygen atoms in total. The Kier molecular flexibility index (Phi) is 1.59. The molecule has 4 aliphatic rings. The standard InChI is InChI=1S/C13H20N2/c1-11-3-10-4-12(2,6-11)8-13(5-10,7-11)15-9-14/h10,15H,3-8H2,1-2H3. The first-order chi connectivity index (χ1) is 6.97. The fraction of sp³-hybridized carbons (Fsp3) is 0.923. The molecular formula is C13H20N2. The molecule has 2 atom stereocenters. The molecule has 0 aromatic heterocycles. The molecule has 0 saturated heterocycles. The lowest BCUT2D eigenvalue weighted by Gasteiger charge is -2.64. The van der Waals surface area contributed by atoms with E-state index in [2.05, 4.69) is 25.4 Å². The Morgan fingerprint density at radius 2 is 1.67 bits per heavy atom. The molecule has 0 aromatic rings. The monoisotopic (exact) mass is 204 g/mol. The van der Waals surface area contributed by atoms with Crippen molar-refractivity contribution < 1.29 is 0 Å². The third kappa shape index (κ3) is 1.29. The molecule has 0 radical (unpaired) electrons. The van der Waals surface area contributed by atoms with Crippen molar-refractivity contribution >= 4 is 0 Å². The lowest BCUT2D eigenvalue weighted by molar-refractivity contribution is -0.113. The molecule has 4 fully saturated rings. The molecule has 4 bridgehead atoms. The van der Waals surface area contributed by atoms with Crippen molar-refractivity contribution in [1.29, 1.82) is 5.26 Å². The topological polar surface area (TPSA) is 35.8 Å². The van der Waals surface area contributed by atoms with Gasteiger partial charge in [-0.2, -0.15) is 5.26 Å². The largest absolute Gasteiger partial charge is 0.318 e. The number of nitrogens with one attached hydrogen (secondary N) is 1. The van der Waals surface area contributed by atoms with Crippen molar-refractivity contribution in [1.82, 2.24) is 5.32 Å². The third-order valence-corrected chi connectivity index (χ3v) is 4.95. The van der Waals surface area contributed by atoms with Crippen LogP contribution in [0.5, 0.6) is 0 Å². The minimum absolute atomic E-state index is 0.164. The summed E-state index contributed by atoms with van der Waals surface area (Å²) in [5.74, 6) is 0.872. The number of rotatable bonds is 1. The zero-order valence-corrected chi connectivity index (χ0v) is 9.77. The van der Waals surface area contributed by atoms with Crippen LogP contribution in [0.3, 0.4) is 0 Å². The molecule has 0 aromatic carbocycles. The summed E-state index contributed by atoms with van der Waals surface area (Å²) in [4.78, 5) is 0. The van der Waals surface area contributed by atoms with Gasteiger partial charge in [-0.25, -0.2) is 0 Å². The fourth-order valence-corrected chi connectivity index (χ4v) is 5.71. The van der Waals surface area contributed by atoms with Gasteiger partial charge in [0.2, 0.25) is 0 Å². The Labute approximate surface area is 92.0 Å². The van der Waals surface area contributed by atoms with Crippen molar-refractivity contribution in [2.24, 2.45) is 16.7 Å². The first kappa shape index (κ1) is 9.51. The molecule has 1 N–H and O–H groups in total. The molecule has 4 rings (SSSR count). The van der Waals surface area contributed by atoms with E-state index in [1.165, 1.54) is 38.5 Å². The van der Waals surface area contributed by atoms with Gasteiger partial charge >= 0.3 is 0 Å². The van der Waals surface area contributed by atoms with E-state index in [1.54, 1.807) is 0 Å². The second-order valence-corrected chi connectivity index (χ2v) is 7.15. The van der Waals surface area contributed by atoms with E-state index in [1.807, 2.05) is 0 Å². The first-order valence-corrected chi connectivity index (χ1v) is 6.13. The second-order valence-electron chi connectivity index (χ2n) is 7.15. The summed E-state index contributed by atoms with van der Waals surface area (Å²) in [5, 5.41) is 12.1. The summed E-state index contributed by atoms with van der Waals surface area (Å²) in [6.45, 7) is 4.87. The molecule has 4 saturated carbocycles. The van der Waals surface area contributed by atoms with Crippen molar-refractivity contribution in [2.45, 2.75) is 57.9 Å². The van der Waals surface area contributed by atoms with Gasteiger partial charge in [-0.3, -0.25) is 0 Å². The van der Waals surface area contributed by atoms with Gasteiger partial charge in [-0.1, -0.05) is 13.8 Å². The molecule has 0 amide bonds. The van der Waals surface area contributed by atoms with E-state index in [9.17, 15) is 0 Å². The average molecular weight is 204 g/mol. The Morgan fingerprint density at radius 3 is 2.13 bits per heavy atom. The van der Waals surface area contributed by atoms with Crippen LogP contribution in [0.1, 0.15) is 52.4 Å². The Hall–Kier alpha value is -0.710.